The largest absolute Gasteiger partial charge is 0.235 e. The SMILES string of the molecule is C=C1C(C)=CC(C)=C(c2ccccc2)N1OCF. The molecule has 3 heteroatoms. The van der Waals surface area contributed by atoms with Gasteiger partial charge in [0.05, 0.1) is 11.4 Å². The summed E-state index contributed by atoms with van der Waals surface area (Å²) in [5.41, 5.74) is 4.48. The van der Waals surface area contributed by atoms with Crippen molar-refractivity contribution in [1.82, 2.24) is 5.06 Å². The number of allylic oxidation sites excluding steroid dienone is 3. The maximum Gasteiger partial charge on any atom is 0.215 e. The monoisotopic (exact) mass is 245 g/mol. The van der Waals surface area contributed by atoms with Crippen molar-refractivity contribution >= 4 is 5.70 Å². The van der Waals surface area contributed by atoms with Crippen LogP contribution in [0.25, 0.3) is 5.70 Å². The van der Waals surface area contributed by atoms with E-state index in [4.69, 9.17) is 4.84 Å². The van der Waals surface area contributed by atoms with Gasteiger partial charge in [-0.05, 0) is 25.0 Å². The Bertz CT molecular complexity index is 517. The molecule has 0 aliphatic carbocycles. The number of halogens is 1. The lowest BCUT2D eigenvalue weighted by Gasteiger charge is -2.32. The molecule has 1 aromatic carbocycles. The van der Waals surface area contributed by atoms with E-state index in [2.05, 4.69) is 6.58 Å². The van der Waals surface area contributed by atoms with Crippen LogP contribution in [0, 0.1) is 0 Å². The van der Waals surface area contributed by atoms with Gasteiger partial charge >= 0.3 is 0 Å². The number of hydrogen-bond donors (Lipinski definition) is 0. The third-order valence-corrected chi connectivity index (χ3v) is 2.94. The Balaban J connectivity index is 2.52. The van der Waals surface area contributed by atoms with Crippen LogP contribution in [0.15, 0.2) is 59.8 Å². The van der Waals surface area contributed by atoms with Crippen LogP contribution in [0.4, 0.5) is 4.39 Å². The summed E-state index contributed by atoms with van der Waals surface area (Å²) >= 11 is 0. The minimum Gasteiger partial charge on any atom is -0.235 e. The van der Waals surface area contributed by atoms with Gasteiger partial charge in [-0.2, -0.15) is 0 Å². The maximum atomic E-state index is 12.5. The average molecular weight is 245 g/mol. The molecule has 0 unspecified atom stereocenters. The Morgan fingerprint density at radius 2 is 1.89 bits per heavy atom. The molecule has 0 amide bonds. The molecule has 0 fully saturated rings. The van der Waals surface area contributed by atoms with Gasteiger partial charge in [0.15, 0.2) is 0 Å². The van der Waals surface area contributed by atoms with Crippen molar-refractivity contribution < 1.29 is 9.23 Å². The fraction of sp³-hybridized carbons (Fsp3) is 0.200. The molecule has 0 aromatic heterocycles. The number of nitrogens with zero attached hydrogens (tertiary/aromatic N) is 1. The Kier molecular flexibility index (Phi) is 3.63. The van der Waals surface area contributed by atoms with E-state index < -0.39 is 6.86 Å². The zero-order valence-corrected chi connectivity index (χ0v) is 10.6. The molecule has 0 saturated heterocycles. The summed E-state index contributed by atoms with van der Waals surface area (Å²) in [5, 5.41) is 1.47. The van der Waals surface area contributed by atoms with Gasteiger partial charge < -0.3 is 0 Å². The van der Waals surface area contributed by atoms with Crippen LogP contribution < -0.4 is 0 Å². The molecule has 0 saturated carbocycles. The first-order valence-electron chi connectivity index (χ1n) is 5.78. The summed E-state index contributed by atoms with van der Waals surface area (Å²) in [6.07, 6.45) is 2.03. The Morgan fingerprint density at radius 1 is 1.22 bits per heavy atom. The topological polar surface area (TPSA) is 12.5 Å². The van der Waals surface area contributed by atoms with E-state index in [1.165, 1.54) is 5.06 Å². The average Bonchev–Trinajstić information content (AvgIpc) is 2.37. The van der Waals surface area contributed by atoms with E-state index in [0.717, 1.165) is 22.4 Å². The Hall–Kier alpha value is -1.87. The van der Waals surface area contributed by atoms with E-state index in [9.17, 15) is 4.39 Å². The molecular formula is C15H16FNO. The summed E-state index contributed by atoms with van der Waals surface area (Å²) in [5.74, 6) is 0. The molecule has 0 N–H and O–H groups in total. The molecule has 94 valence electrons. The van der Waals surface area contributed by atoms with Gasteiger partial charge in [0.1, 0.15) is 0 Å². The summed E-state index contributed by atoms with van der Waals surface area (Å²) in [4.78, 5) is 5.07. The highest BCUT2D eigenvalue weighted by molar-refractivity contribution is 5.73. The normalized spacial score (nSPS) is 16.1. The predicted molar refractivity (Wildman–Crippen MR) is 70.8 cm³/mol. The molecule has 1 aromatic rings. The molecule has 2 nitrogen and oxygen atoms in total. The summed E-state index contributed by atoms with van der Waals surface area (Å²) in [6, 6.07) is 9.76. The van der Waals surface area contributed by atoms with Gasteiger partial charge in [-0.25, -0.2) is 14.3 Å². The standard InChI is InChI=1S/C15H16FNO/c1-11-9-12(2)15(14-7-5-4-6-8-14)17(13(11)3)18-10-16/h4-9H,3,10H2,1-2H3. The van der Waals surface area contributed by atoms with Crippen molar-refractivity contribution in [3.05, 3.63) is 65.4 Å². The highest BCUT2D eigenvalue weighted by Gasteiger charge is 2.23. The van der Waals surface area contributed by atoms with Crippen LogP contribution in [-0.4, -0.2) is 11.9 Å². The quantitative estimate of drug-likeness (QED) is 0.796. The lowest BCUT2D eigenvalue weighted by molar-refractivity contribution is -0.120. The summed E-state index contributed by atoms with van der Waals surface area (Å²) in [6.45, 7) is 6.97. The molecule has 1 heterocycles. The smallest absolute Gasteiger partial charge is 0.215 e. The fourth-order valence-electron chi connectivity index (χ4n) is 2.06. The lowest BCUT2D eigenvalue weighted by atomic mass is 9.99. The second-order valence-corrected chi connectivity index (χ2v) is 4.20. The Morgan fingerprint density at radius 3 is 2.50 bits per heavy atom. The molecule has 0 spiro atoms. The molecule has 0 radical (unpaired) electrons. The fourth-order valence-corrected chi connectivity index (χ4v) is 2.06. The minimum atomic E-state index is -0.879. The molecule has 0 bridgehead atoms. The number of hydroxylamine groups is 2. The first-order valence-corrected chi connectivity index (χ1v) is 5.78. The van der Waals surface area contributed by atoms with Crippen molar-refractivity contribution in [1.29, 1.82) is 0 Å². The van der Waals surface area contributed by atoms with Gasteiger partial charge in [0, 0.05) is 5.56 Å². The lowest BCUT2D eigenvalue weighted by Crippen LogP contribution is -2.25. The van der Waals surface area contributed by atoms with Gasteiger partial charge in [0.25, 0.3) is 0 Å². The highest BCUT2D eigenvalue weighted by atomic mass is 19.1. The van der Waals surface area contributed by atoms with Gasteiger partial charge in [-0.3, -0.25) is 0 Å². The molecule has 1 aliphatic heterocycles. The predicted octanol–water partition coefficient (Wildman–Crippen LogP) is 4.05. The zero-order valence-electron chi connectivity index (χ0n) is 10.6. The van der Waals surface area contributed by atoms with Crippen LogP contribution in [0.2, 0.25) is 0 Å². The van der Waals surface area contributed by atoms with E-state index in [1.54, 1.807) is 0 Å². The van der Waals surface area contributed by atoms with Gasteiger partial charge in [0.2, 0.25) is 6.86 Å². The molecule has 0 atom stereocenters. The molecular weight excluding hydrogens is 229 g/mol. The van der Waals surface area contributed by atoms with Crippen molar-refractivity contribution in [2.75, 3.05) is 6.86 Å². The zero-order chi connectivity index (χ0) is 13.1. The maximum absolute atomic E-state index is 12.5. The number of rotatable bonds is 3. The third-order valence-electron chi connectivity index (χ3n) is 2.94. The van der Waals surface area contributed by atoms with Crippen LogP contribution in [0.3, 0.4) is 0 Å². The van der Waals surface area contributed by atoms with Crippen LogP contribution >= 0.6 is 0 Å². The minimum absolute atomic E-state index is 0.664. The summed E-state index contributed by atoms with van der Waals surface area (Å²) < 4.78 is 12.5. The first-order chi connectivity index (χ1) is 8.65. The van der Waals surface area contributed by atoms with Crippen molar-refractivity contribution in [3.8, 4) is 0 Å². The van der Waals surface area contributed by atoms with E-state index in [0.29, 0.717) is 5.70 Å². The van der Waals surface area contributed by atoms with Gasteiger partial charge in [-0.15, -0.1) is 0 Å². The number of benzene rings is 1. The Labute approximate surface area is 107 Å². The second kappa shape index (κ2) is 5.19. The van der Waals surface area contributed by atoms with Gasteiger partial charge in [-0.1, -0.05) is 43.0 Å². The van der Waals surface area contributed by atoms with E-state index >= 15 is 0 Å². The molecule has 18 heavy (non-hydrogen) atoms. The van der Waals surface area contributed by atoms with Crippen LogP contribution in [0.1, 0.15) is 19.4 Å². The second-order valence-electron chi connectivity index (χ2n) is 4.20. The van der Waals surface area contributed by atoms with Crippen LogP contribution in [0.5, 0.6) is 0 Å². The van der Waals surface area contributed by atoms with Crippen molar-refractivity contribution in [2.45, 2.75) is 13.8 Å². The van der Waals surface area contributed by atoms with Crippen molar-refractivity contribution in [2.24, 2.45) is 0 Å². The van der Waals surface area contributed by atoms with Crippen LogP contribution in [-0.2, 0) is 4.84 Å². The first kappa shape index (κ1) is 12.6. The third kappa shape index (κ3) is 2.22. The van der Waals surface area contributed by atoms with Crippen molar-refractivity contribution in [3.63, 3.8) is 0 Å². The summed E-state index contributed by atoms with van der Waals surface area (Å²) in [7, 11) is 0. The number of hydrogen-bond acceptors (Lipinski definition) is 2. The highest BCUT2D eigenvalue weighted by Crippen LogP contribution is 2.34. The van der Waals surface area contributed by atoms with E-state index in [1.807, 2.05) is 50.3 Å². The van der Waals surface area contributed by atoms with E-state index in [-0.39, 0.29) is 0 Å². The number of alkyl halides is 1. The molecule has 1 aliphatic rings. The molecule has 2 rings (SSSR count).